The highest BCUT2D eigenvalue weighted by atomic mass is 19.1. The fraction of sp³-hybridized carbons (Fsp3) is 0.632. The van der Waals surface area contributed by atoms with Crippen LogP contribution in [-0.2, 0) is 23.7 Å². The zero-order valence-electron chi connectivity index (χ0n) is 14.8. The van der Waals surface area contributed by atoms with E-state index in [0.717, 1.165) is 5.56 Å². The van der Waals surface area contributed by atoms with Gasteiger partial charge < -0.3 is 18.9 Å². The molecule has 2 saturated heterocycles. The molecule has 0 N–H and O–H groups in total. The molecule has 0 bridgehead atoms. The van der Waals surface area contributed by atoms with Crippen molar-refractivity contribution < 1.29 is 28.1 Å². The molecule has 0 spiro atoms. The van der Waals surface area contributed by atoms with Crippen molar-refractivity contribution in [2.24, 2.45) is 5.41 Å². The van der Waals surface area contributed by atoms with E-state index in [2.05, 4.69) is 0 Å². The second-order valence-electron chi connectivity index (χ2n) is 7.53. The molecule has 2 heterocycles. The molecule has 6 heteroatoms. The lowest BCUT2D eigenvalue weighted by Gasteiger charge is -2.37. The van der Waals surface area contributed by atoms with Gasteiger partial charge in [0.15, 0.2) is 12.5 Å². The van der Waals surface area contributed by atoms with Gasteiger partial charge in [0.25, 0.3) is 0 Å². The Kier molecular flexibility index (Phi) is 5.41. The Morgan fingerprint density at radius 2 is 1.88 bits per heavy atom. The van der Waals surface area contributed by atoms with E-state index in [1.807, 2.05) is 30.3 Å². The Hall–Kier alpha value is -1.50. The molecule has 0 radical (unpaired) electrons. The van der Waals surface area contributed by atoms with E-state index in [9.17, 15) is 9.18 Å². The molecule has 1 aromatic carbocycles. The van der Waals surface area contributed by atoms with Crippen molar-refractivity contribution in [1.82, 2.24) is 0 Å². The largest absolute Gasteiger partial charge is 0.432 e. The zero-order valence-corrected chi connectivity index (χ0v) is 14.8. The molecule has 25 heavy (non-hydrogen) atoms. The average Bonchev–Trinajstić information content (AvgIpc) is 2.77. The second kappa shape index (κ2) is 7.40. The summed E-state index contributed by atoms with van der Waals surface area (Å²) in [5, 5.41) is 0. The third kappa shape index (κ3) is 4.37. The maximum absolute atomic E-state index is 14.5. The van der Waals surface area contributed by atoms with Crippen molar-refractivity contribution in [3.8, 4) is 0 Å². The quantitative estimate of drug-likeness (QED) is 0.762. The van der Waals surface area contributed by atoms with Crippen LogP contribution in [0.4, 0.5) is 4.39 Å². The number of fused-ring (bicyclic) bond motifs is 1. The molecule has 0 saturated carbocycles. The van der Waals surface area contributed by atoms with Gasteiger partial charge in [-0.2, -0.15) is 0 Å². The SMILES string of the molecule is CC(C)(C)C(=O)O[C@@H]1OC2CCOC(c3ccccc3)OC2C[C@H]1F. The number of hydrogen-bond acceptors (Lipinski definition) is 5. The van der Waals surface area contributed by atoms with Crippen LogP contribution in [0.1, 0.15) is 45.5 Å². The second-order valence-corrected chi connectivity index (χ2v) is 7.53. The van der Waals surface area contributed by atoms with E-state index in [0.29, 0.717) is 13.0 Å². The fourth-order valence-corrected chi connectivity index (χ4v) is 2.89. The predicted octanol–water partition coefficient (Wildman–Crippen LogP) is 3.53. The van der Waals surface area contributed by atoms with Crippen LogP contribution in [0, 0.1) is 5.41 Å². The van der Waals surface area contributed by atoms with Crippen LogP contribution in [0.2, 0.25) is 0 Å². The molecular weight excluding hydrogens is 327 g/mol. The summed E-state index contributed by atoms with van der Waals surface area (Å²) in [6.07, 6.45) is -3.29. The predicted molar refractivity (Wildman–Crippen MR) is 88.3 cm³/mol. The molecule has 5 nitrogen and oxygen atoms in total. The number of alkyl halides is 1. The Balaban J connectivity index is 1.66. The van der Waals surface area contributed by atoms with Gasteiger partial charge in [0.1, 0.15) is 0 Å². The number of carbonyl (C=O) groups is 1. The summed E-state index contributed by atoms with van der Waals surface area (Å²) >= 11 is 0. The number of ether oxygens (including phenoxy) is 4. The lowest BCUT2D eigenvalue weighted by molar-refractivity contribution is -0.265. The maximum Gasteiger partial charge on any atom is 0.313 e. The molecule has 1 aromatic rings. The van der Waals surface area contributed by atoms with Crippen molar-refractivity contribution in [3.05, 3.63) is 35.9 Å². The van der Waals surface area contributed by atoms with Crippen LogP contribution < -0.4 is 0 Å². The van der Waals surface area contributed by atoms with E-state index in [1.165, 1.54) is 0 Å². The van der Waals surface area contributed by atoms with E-state index < -0.39 is 36.2 Å². The molecule has 138 valence electrons. The van der Waals surface area contributed by atoms with Gasteiger partial charge in [-0.1, -0.05) is 30.3 Å². The van der Waals surface area contributed by atoms with E-state index in [1.54, 1.807) is 20.8 Å². The van der Waals surface area contributed by atoms with Crippen LogP contribution in [0.15, 0.2) is 30.3 Å². The van der Waals surface area contributed by atoms with Crippen molar-refractivity contribution in [2.45, 2.75) is 64.6 Å². The van der Waals surface area contributed by atoms with Crippen molar-refractivity contribution in [3.63, 3.8) is 0 Å². The summed E-state index contributed by atoms with van der Waals surface area (Å²) in [4.78, 5) is 12.0. The summed E-state index contributed by atoms with van der Waals surface area (Å²) in [5.41, 5.74) is 0.182. The number of rotatable bonds is 2. The summed E-state index contributed by atoms with van der Waals surface area (Å²) in [6.45, 7) is 5.60. The molecule has 0 amide bonds. The molecule has 2 aliphatic rings. The van der Waals surface area contributed by atoms with Crippen LogP contribution >= 0.6 is 0 Å². The first-order chi connectivity index (χ1) is 11.8. The van der Waals surface area contributed by atoms with Gasteiger partial charge in [0, 0.05) is 12.0 Å². The standard InChI is InChI=1S/C19H25FO5/c1-19(2,3)18(21)25-17-13(20)11-15-14(23-17)9-10-22-16(24-15)12-7-5-4-6-8-12/h4-8,13-17H,9-11H2,1-3H3/t13-,14?,15?,16?,17+/m1/s1. The average molecular weight is 352 g/mol. The minimum Gasteiger partial charge on any atom is -0.432 e. The van der Waals surface area contributed by atoms with Gasteiger partial charge in [0.2, 0.25) is 6.29 Å². The molecule has 3 unspecified atom stereocenters. The summed E-state index contributed by atoms with van der Waals surface area (Å²) in [5.74, 6) is -0.480. The van der Waals surface area contributed by atoms with Gasteiger partial charge in [-0.25, -0.2) is 4.39 Å². The number of esters is 1. The number of carbonyl (C=O) groups excluding carboxylic acids is 1. The van der Waals surface area contributed by atoms with E-state index in [-0.39, 0.29) is 12.5 Å². The summed E-state index contributed by atoms with van der Waals surface area (Å²) in [7, 11) is 0. The van der Waals surface area contributed by atoms with Crippen LogP contribution in [0.25, 0.3) is 0 Å². The first-order valence-corrected chi connectivity index (χ1v) is 8.67. The molecular formula is C19H25FO5. The van der Waals surface area contributed by atoms with Gasteiger partial charge in [-0.05, 0) is 27.2 Å². The highest BCUT2D eigenvalue weighted by Crippen LogP contribution is 2.35. The van der Waals surface area contributed by atoms with E-state index >= 15 is 0 Å². The maximum atomic E-state index is 14.5. The third-order valence-electron chi connectivity index (χ3n) is 4.35. The van der Waals surface area contributed by atoms with Crippen LogP contribution in [0.3, 0.4) is 0 Å². The molecule has 2 aliphatic heterocycles. The molecule has 0 aliphatic carbocycles. The summed E-state index contributed by atoms with van der Waals surface area (Å²) in [6, 6.07) is 9.55. The van der Waals surface area contributed by atoms with Crippen LogP contribution in [-0.4, -0.2) is 37.2 Å². The number of hydrogen-bond donors (Lipinski definition) is 0. The Morgan fingerprint density at radius 1 is 1.16 bits per heavy atom. The van der Waals surface area contributed by atoms with Crippen LogP contribution in [0.5, 0.6) is 0 Å². The van der Waals surface area contributed by atoms with E-state index in [4.69, 9.17) is 18.9 Å². The first kappa shape index (κ1) is 18.3. The molecule has 3 rings (SSSR count). The van der Waals surface area contributed by atoms with Gasteiger partial charge in [-0.15, -0.1) is 0 Å². The molecule has 0 aromatic heterocycles. The fourth-order valence-electron chi connectivity index (χ4n) is 2.89. The van der Waals surface area contributed by atoms with Crippen molar-refractivity contribution in [2.75, 3.05) is 6.61 Å². The highest BCUT2D eigenvalue weighted by Gasteiger charge is 2.44. The normalized spacial score (nSPS) is 33.2. The topological polar surface area (TPSA) is 54.0 Å². The lowest BCUT2D eigenvalue weighted by atomic mass is 9.97. The monoisotopic (exact) mass is 352 g/mol. The zero-order chi connectivity index (χ0) is 18.0. The molecule has 5 atom stereocenters. The number of benzene rings is 1. The van der Waals surface area contributed by atoms with Gasteiger partial charge >= 0.3 is 5.97 Å². The smallest absolute Gasteiger partial charge is 0.313 e. The minimum atomic E-state index is -1.43. The highest BCUT2D eigenvalue weighted by molar-refractivity contribution is 5.75. The third-order valence-corrected chi connectivity index (χ3v) is 4.35. The number of halogens is 1. The first-order valence-electron chi connectivity index (χ1n) is 8.67. The van der Waals surface area contributed by atoms with Gasteiger partial charge in [-0.3, -0.25) is 4.79 Å². The minimum absolute atomic E-state index is 0.111. The lowest BCUT2D eigenvalue weighted by Crippen LogP contribution is -2.49. The van der Waals surface area contributed by atoms with Crippen molar-refractivity contribution in [1.29, 1.82) is 0 Å². The van der Waals surface area contributed by atoms with Crippen molar-refractivity contribution >= 4 is 5.97 Å². The molecule has 2 fully saturated rings. The Bertz CT molecular complexity index is 585. The van der Waals surface area contributed by atoms with Gasteiger partial charge in [0.05, 0.1) is 24.2 Å². The summed E-state index contributed by atoms with van der Waals surface area (Å²) < 4.78 is 37.2. The Morgan fingerprint density at radius 3 is 2.56 bits per heavy atom. The Labute approximate surface area is 147 Å².